The summed E-state index contributed by atoms with van der Waals surface area (Å²) in [6.07, 6.45) is 2.36. The number of benzene rings is 1. The average molecular weight is 218 g/mol. The molecule has 0 amide bonds. The highest BCUT2D eigenvalue weighted by Crippen LogP contribution is 2.17. The smallest absolute Gasteiger partial charge is 0.0233 e. The maximum atomic E-state index is 6.11. The topological polar surface area (TPSA) is 29.3 Å². The highest BCUT2D eigenvalue weighted by Gasteiger charge is 2.19. The SMILES string of the molecule is C[C@@H]1CCN(Cc2ccccc2)CC[C@H]1N. The van der Waals surface area contributed by atoms with Gasteiger partial charge in [-0.2, -0.15) is 0 Å². The second kappa shape index (κ2) is 5.46. The van der Waals surface area contributed by atoms with Crippen LogP contribution in [-0.4, -0.2) is 24.0 Å². The van der Waals surface area contributed by atoms with E-state index in [1.807, 2.05) is 0 Å². The highest BCUT2D eigenvalue weighted by atomic mass is 15.1. The molecule has 1 aromatic carbocycles. The molecule has 0 spiro atoms. The van der Waals surface area contributed by atoms with Crippen molar-refractivity contribution in [2.75, 3.05) is 13.1 Å². The fourth-order valence-electron chi connectivity index (χ4n) is 2.33. The Labute approximate surface area is 98.4 Å². The zero-order valence-electron chi connectivity index (χ0n) is 10.1. The Kier molecular flexibility index (Phi) is 3.97. The van der Waals surface area contributed by atoms with Gasteiger partial charge in [0.2, 0.25) is 0 Å². The molecule has 1 fully saturated rings. The third-order valence-electron chi connectivity index (χ3n) is 3.66. The van der Waals surface area contributed by atoms with Crippen molar-refractivity contribution >= 4 is 0 Å². The van der Waals surface area contributed by atoms with Crippen molar-refractivity contribution in [2.45, 2.75) is 32.4 Å². The van der Waals surface area contributed by atoms with Crippen molar-refractivity contribution in [3.8, 4) is 0 Å². The second-order valence-corrected chi connectivity index (χ2v) is 4.98. The van der Waals surface area contributed by atoms with Crippen LogP contribution in [0.1, 0.15) is 25.3 Å². The Balaban J connectivity index is 1.91. The summed E-state index contributed by atoms with van der Waals surface area (Å²) in [4.78, 5) is 2.53. The van der Waals surface area contributed by atoms with Gasteiger partial charge in [-0.05, 0) is 37.4 Å². The van der Waals surface area contributed by atoms with Crippen molar-refractivity contribution < 1.29 is 0 Å². The van der Waals surface area contributed by atoms with E-state index in [-0.39, 0.29) is 0 Å². The second-order valence-electron chi connectivity index (χ2n) is 4.98. The molecular weight excluding hydrogens is 196 g/mol. The molecule has 0 unspecified atom stereocenters. The zero-order valence-corrected chi connectivity index (χ0v) is 10.1. The molecular formula is C14H22N2. The van der Waals surface area contributed by atoms with Crippen LogP contribution in [0.4, 0.5) is 0 Å². The summed E-state index contributed by atoms with van der Waals surface area (Å²) in [5.74, 6) is 0.667. The third-order valence-corrected chi connectivity index (χ3v) is 3.66. The van der Waals surface area contributed by atoms with Crippen LogP contribution < -0.4 is 5.73 Å². The van der Waals surface area contributed by atoms with Gasteiger partial charge in [-0.15, -0.1) is 0 Å². The number of rotatable bonds is 2. The predicted molar refractivity (Wildman–Crippen MR) is 68.1 cm³/mol. The van der Waals surface area contributed by atoms with E-state index in [2.05, 4.69) is 42.2 Å². The van der Waals surface area contributed by atoms with Gasteiger partial charge in [-0.25, -0.2) is 0 Å². The molecule has 0 radical (unpaired) electrons. The first-order chi connectivity index (χ1) is 7.75. The number of nitrogens with zero attached hydrogens (tertiary/aromatic N) is 1. The highest BCUT2D eigenvalue weighted by molar-refractivity contribution is 5.14. The van der Waals surface area contributed by atoms with E-state index in [1.165, 1.54) is 18.5 Å². The molecule has 16 heavy (non-hydrogen) atoms. The molecule has 2 N–H and O–H groups in total. The van der Waals surface area contributed by atoms with Gasteiger partial charge in [0.1, 0.15) is 0 Å². The minimum absolute atomic E-state index is 0.390. The van der Waals surface area contributed by atoms with Crippen LogP contribution in [0.5, 0.6) is 0 Å². The lowest BCUT2D eigenvalue weighted by molar-refractivity contribution is 0.273. The maximum absolute atomic E-state index is 6.11. The van der Waals surface area contributed by atoms with E-state index < -0.39 is 0 Å². The standard InChI is InChI=1S/C14H22N2/c1-12-7-9-16(10-8-14(12)15)11-13-5-3-2-4-6-13/h2-6,12,14H,7-11,15H2,1H3/t12-,14-/m1/s1. The van der Waals surface area contributed by atoms with Crippen molar-refractivity contribution in [3.63, 3.8) is 0 Å². The first-order valence-corrected chi connectivity index (χ1v) is 6.27. The van der Waals surface area contributed by atoms with Gasteiger partial charge in [-0.3, -0.25) is 4.90 Å². The lowest BCUT2D eigenvalue weighted by atomic mass is 9.98. The van der Waals surface area contributed by atoms with E-state index in [0.29, 0.717) is 12.0 Å². The lowest BCUT2D eigenvalue weighted by Gasteiger charge is -2.19. The Hall–Kier alpha value is -0.860. The van der Waals surface area contributed by atoms with E-state index in [1.54, 1.807) is 0 Å². The fourth-order valence-corrected chi connectivity index (χ4v) is 2.33. The number of nitrogens with two attached hydrogens (primary N) is 1. The van der Waals surface area contributed by atoms with Gasteiger partial charge in [0.05, 0.1) is 0 Å². The lowest BCUT2D eigenvalue weighted by Crippen LogP contribution is -2.28. The fraction of sp³-hybridized carbons (Fsp3) is 0.571. The van der Waals surface area contributed by atoms with Crippen LogP contribution in [0.3, 0.4) is 0 Å². The molecule has 2 heteroatoms. The first kappa shape index (κ1) is 11.6. The third kappa shape index (κ3) is 3.06. The maximum Gasteiger partial charge on any atom is 0.0233 e. The van der Waals surface area contributed by atoms with Crippen LogP contribution in [0.15, 0.2) is 30.3 Å². The molecule has 1 aliphatic rings. The van der Waals surface area contributed by atoms with Crippen LogP contribution >= 0.6 is 0 Å². The van der Waals surface area contributed by atoms with Crippen molar-refractivity contribution in [1.82, 2.24) is 4.90 Å². The van der Waals surface area contributed by atoms with E-state index >= 15 is 0 Å². The van der Waals surface area contributed by atoms with Crippen LogP contribution in [0, 0.1) is 5.92 Å². The molecule has 1 heterocycles. The van der Waals surface area contributed by atoms with Crippen LogP contribution in [-0.2, 0) is 6.54 Å². The molecule has 0 aromatic heterocycles. The van der Waals surface area contributed by atoms with Crippen molar-refractivity contribution in [1.29, 1.82) is 0 Å². The minimum Gasteiger partial charge on any atom is -0.327 e. The Bertz CT molecular complexity index is 298. The summed E-state index contributed by atoms with van der Waals surface area (Å²) < 4.78 is 0. The molecule has 1 saturated heterocycles. The molecule has 2 atom stereocenters. The molecule has 0 aliphatic carbocycles. The van der Waals surface area contributed by atoms with Crippen molar-refractivity contribution in [2.24, 2.45) is 11.7 Å². The summed E-state index contributed by atoms with van der Waals surface area (Å²) in [5, 5.41) is 0. The number of hydrogen-bond acceptors (Lipinski definition) is 2. The summed E-state index contributed by atoms with van der Waals surface area (Å²) in [6, 6.07) is 11.1. The zero-order chi connectivity index (χ0) is 11.4. The van der Waals surface area contributed by atoms with E-state index in [9.17, 15) is 0 Å². The van der Waals surface area contributed by atoms with Crippen LogP contribution in [0.25, 0.3) is 0 Å². The molecule has 0 bridgehead atoms. The van der Waals surface area contributed by atoms with Gasteiger partial charge < -0.3 is 5.73 Å². The largest absolute Gasteiger partial charge is 0.327 e. The van der Waals surface area contributed by atoms with Crippen LogP contribution in [0.2, 0.25) is 0 Å². The van der Waals surface area contributed by atoms with Gasteiger partial charge in [0.15, 0.2) is 0 Å². The first-order valence-electron chi connectivity index (χ1n) is 6.27. The summed E-state index contributed by atoms with van der Waals surface area (Å²) in [7, 11) is 0. The normalized spacial score (nSPS) is 27.6. The molecule has 1 aliphatic heterocycles. The molecule has 0 saturated carbocycles. The number of hydrogen-bond donors (Lipinski definition) is 1. The quantitative estimate of drug-likeness (QED) is 0.825. The molecule has 88 valence electrons. The van der Waals surface area contributed by atoms with E-state index in [4.69, 9.17) is 5.73 Å². The van der Waals surface area contributed by atoms with Gasteiger partial charge in [0, 0.05) is 12.6 Å². The Morgan fingerprint density at radius 2 is 1.88 bits per heavy atom. The monoisotopic (exact) mass is 218 g/mol. The molecule has 2 nitrogen and oxygen atoms in total. The summed E-state index contributed by atoms with van der Waals surface area (Å²) >= 11 is 0. The van der Waals surface area contributed by atoms with Gasteiger partial charge in [0.25, 0.3) is 0 Å². The van der Waals surface area contributed by atoms with Gasteiger partial charge >= 0.3 is 0 Å². The van der Waals surface area contributed by atoms with Crippen molar-refractivity contribution in [3.05, 3.63) is 35.9 Å². The Morgan fingerprint density at radius 1 is 1.19 bits per heavy atom. The molecule has 1 aromatic rings. The summed E-state index contributed by atoms with van der Waals surface area (Å²) in [6.45, 7) is 5.67. The average Bonchev–Trinajstić information content (AvgIpc) is 2.46. The number of likely N-dealkylation sites (tertiary alicyclic amines) is 1. The predicted octanol–water partition coefficient (Wildman–Crippen LogP) is 2.25. The minimum atomic E-state index is 0.390. The van der Waals surface area contributed by atoms with E-state index in [0.717, 1.165) is 19.5 Å². The van der Waals surface area contributed by atoms with Gasteiger partial charge in [-0.1, -0.05) is 37.3 Å². The molecule has 2 rings (SSSR count). The summed E-state index contributed by atoms with van der Waals surface area (Å²) in [5.41, 5.74) is 7.52. The Morgan fingerprint density at radius 3 is 2.62 bits per heavy atom.